The molecule has 0 amide bonds. The van der Waals surface area contributed by atoms with Gasteiger partial charge in [-0.1, -0.05) is 17.3 Å². The molecule has 1 aromatic carbocycles. The Morgan fingerprint density at radius 1 is 1.40 bits per heavy atom. The van der Waals surface area contributed by atoms with E-state index in [0.29, 0.717) is 23.6 Å². The number of nitrogens with zero attached hydrogens (tertiary/aromatic N) is 1. The van der Waals surface area contributed by atoms with Gasteiger partial charge in [-0.25, -0.2) is 4.39 Å². The fraction of sp³-hybridized carbons (Fsp3) is 0.182. The van der Waals surface area contributed by atoms with Gasteiger partial charge in [0.25, 0.3) is 0 Å². The van der Waals surface area contributed by atoms with Gasteiger partial charge in [0, 0.05) is 12.1 Å². The number of nitrogens with two attached hydrogens (primary N) is 1. The van der Waals surface area contributed by atoms with Gasteiger partial charge in [-0.3, -0.25) is 0 Å². The van der Waals surface area contributed by atoms with Crippen LogP contribution in [0, 0.1) is 12.7 Å². The molecule has 0 saturated heterocycles. The second kappa shape index (κ2) is 3.82. The Kier molecular flexibility index (Phi) is 2.51. The molecule has 1 heterocycles. The topological polar surface area (TPSA) is 52.0 Å². The normalized spacial score (nSPS) is 10.6. The van der Waals surface area contributed by atoms with Crippen LogP contribution in [0.3, 0.4) is 0 Å². The van der Waals surface area contributed by atoms with Crippen LogP contribution in [-0.4, -0.2) is 5.16 Å². The molecule has 0 atom stereocenters. The van der Waals surface area contributed by atoms with Crippen LogP contribution in [0.15, 0.2) is 28.8 Å². The lowest BCUT2D eigenvalue weighted by Crippen LogP contribution is -1.98. The molecule has 0 spiro atoms. The fourth-order valence-electron chi connectivity index (χ4n) is 1.46. The molecule has 0 bridgehead atoms. The van der Waals surface area contributed by atoms with Crippen molar-refractivity contribution in [1.29, 1.82) is 0 Å². The third-order valence-electron chi connectivity index (χ3n) is 2.33. The molecule has 2 rings (SSSR count). The van der Waals surface area contributed by atoms with E-state index in [2.05, 4.69) is 5.16 Å². The molecular formula is C11H11FN2O. The molecule has 15 heavy (non-hydrogen) atoms. The van der Waals surface area contributed by atoms with E-state index in [1.807, 2.05) is 6.92 Å². The molecule has 0 aliphatic rings. The van der Waals surface area contributed by atoms with E-state index in [4.69, 9.17) is 10.3 Å². The van der Waals surface area contributed by atoms with Crippen molar-refractivity contribution >= 4 is 0 Å². The molecule has 2 aromatic rings. The summed E-state index contributed by atoms with van der Waals surface area (Å²) in [4.78, 5) is 0. The van der Waals surface area contributed by atoms with Crippen LogP contribution in [-0.2, 0) is 6.54 Å². The molecular weight excluding hydrogens is 195 g/mol. The Labute approximate surface area is 86.7 Å². The summed E-state index contributed by atoms with van der Waals surface area (Å²) in [5.41, 5.74) is 7.34. The maximum atomic E-state index is 13.4. The van der Waals surface area contributed by atoms with Crippen molar-refractivity contribution in [3.8, 4) is 11.3 Å². The lowest BCUT2D eigenvalue weighted by Gasteiger charge is -1.98. The summed E-state index contributed by atoms with van der Waals surface area (Å²) in [6.07, 6.45) is 0. The summed E-state index contributed by atoms with van der Waals surface area (Å²) >= 11 is 0. The van der Waals surface area contributed by atoms with Crippen LogP contribution in [0.25, 0.3) is 11.3 Å². The van der Waals surface area contributed by atoms with Crippen molar-refractivity contribution < 1.29 is 8.91 Å². The molecule has 0 fully saturated rings. The molecule has 78 valence electrons. The summed E-state index contributed by atoms with van der Waals surface area (Å²) in [6, 6.07) is 6.43. The quantitative estimate of drug-likeness (QED) is 0.819. The number of hydrogen-bond acceptors (Lipinski definition) is 3. The molecule has 3 nitrogen and oxygen atoms in total. The third kappa shape index (κ3) is 1.64. The SMILES string of the molecule is Cc1c(CN)noc1-c1ccccc1F. The number of rotatable bonds is 2. The summed E-state index contributed by atoms with van der Waals surface area (Å²) < 4.78 is 18.5. The first kappa shape index (κ1) is 9.86. The van der Waals surface area contributed by atoms with E-state index in [9.17, 15) is 4.39 Å². The second-order valence-corrected chi connectivity index (χ2v) is 3.27. The van der Waals surface area contributed by atoms with Gasteiger partial charge in [0.05, 0.1) is 5.56 Å². The van der Waals surface area contributed by atoms with E-state index in [1.165, 1.54) is 6.07 Å². The minimum absolute atomic E-state index is 0.295. The Balaban J connectivity index is 2.55. The second-order valence-electron chi connectivity index (χ2n) is 3.27. The zero-order valence-corrected chi connectivity index (χ0v) is 8.33. The van der Waals surface area contributed by atoms with Crippen molar-refractivity contribution in [2.24, 2.45) is 5.73 Å². The maximum absolute atomic E-state index is 13.4. The number of halogens is 1. The predicted octanol–water partition coefficient (Wildman–Crippen LogP) is 2.25. The van der Waals surface area contributed by atoms with Gasteiger partial charge >= 0.3 is 0 Å². The van der Waals surface area contributed by atoms with Crippen molar-refractivity contribution in [1.82, 2.24) is 5.16 Å². The summed E-state index contributed by atoms with van der Waals surface area (Å²) in [7, 11) is 0. The van der Waals surface area contributed by atoms with Crippen LogP contribution in [0.1, 0.15) is 11.3 Å². The van der Waals surface area contributed by atoms with Crippen molar-refractivity contribution in [3.63, 3.8) is 0 Å². The molecule has 0 radical (unpaired) electrons. The summed E-state index contributed by atoms with van der Waals surface area (Å²) in [6.45, 7) is 2.12. The van der Waals surface area contributed by atoms with Gasteiger partial charge in [0.1, 0.15) is 11.5 Å². The maximum Gasteiger partial charge on any atom is 0.173 e. The van der Waals surface area contributed by atoms with E-state index >= 15 is 0 Å². The Bertz CT molecular complexity index is 479. The average molecular weight is 206 g/mol. The van der Waals surface area contributed by atoms with Gasteiger partial charge in [-0.05, 0) is 19.1 Å². The highest BCUT2D eigenvalue weighted by Gasteiger charge is 2.15. The molecule has 2 N–H and O–H groups in total. The van der Waals surface area contributed by atoms with Crippen molar-refractivity contribution in [2.75, 3.05) is 0 Å². The van der Waals surface area contributed by atoms with Gasteiger partial charge in [-0.15, -0.1) is 0 Å². The van der Waals surface area contributed by atoms with E-state index in [1.54, 1.807) is 18.2 Å². The molecule has 4 heteroatoms. The smallest absolute Gasteiger partial charge is 0.173 e. The van der Waals surface area contributed by atoms with Crippen molar-refractivity contribution in [2.45, 2.75) is 13.5 Å². The van der Waals surface area contributed by atoms with Crippen molar-refractivity contribution in [3.05, 3.63) is 41.3 Å². The number of hydrogen-bond donors (Lipinski definition) is 1. The largest absolute Gasteiger partial charge is 0.356 e. The summed E-state index contributed by atoms with van der Waals surface area (Å²) in [5.74, 6) is 0.133. The Morgan fingerprint density at radius 2 is 2.13 bits per heavy atom. The minimum atomic E-state index is -0.319. The first-order valence-electron chi connectivity index (χ1n) is 4.64. The Morgan fingerprint density at radius 3 is 2.73 bits per heavy atom. The minimum Gasteiger partial charge on any atom is -0.356 e. The average Bonchev–Trinajstić information content (AvgIpc) is 2.60. The standard InChI is InChI=1S/C11H11FN2O/c1-7-10(6-13)14-15-11(7)8-4-2-3-5-9(8)12/h2-5H,6,13H2,1H3. The zero-order chi connectivity index (χ0) is 10.8. The molecule has 1 aromatic heterocycles. The van der Waals surface area contributed by atoms with Crippen LogP contribution in [0.2, 0.25) is 0 Å². The number of aromatic nitrogens is 1. The lowest BCUT2D eigenvalue weighted by molar-refractivity contribution is 0.421. The zero-order valence-electron chi connectivity index (χ0n) is 8.33. The van der Waals surface area contributed by atoms with Gasteiger partial charge in [0.2, 0.25) is 0 Å². The van der Waals surface area contributed by atoms with Gasteiger partial charge in [0.15, 0.2) is 5.76 Å². The molecule has 0 aliphatic carbocycles. The first-order chi connectivity index (χ1) is 7.24. The van der Waals surface area contributed by atoms with Crippen LogP contribution in [0.4, 0.5) is 4.39 Å². The molecule has 0 saturated carbocycles. The van der Waals surface area contributed by atoms with E-state index in [0.717, 1.165) is 5.56 Å². The van der Waals surface area contributed by atoms with Crippen LogP contribution in [0.5, 0.6) is 0 Å². The highest BCUT2D eigenvalue weighted by Crippen LogP contribution is 2.27. The molecule has 0 unspecified atom stereocenters. The van der Waals surface area contributed by atoms with Gasteiger partial charge < -0.3 is 10.3 Å². The first-order valence-corrected chi connectivity index (χ1v) is 4.64. The highest BCUT2D eigenvalue weighted by atomic mass is 19.1. The van der Waals surface area contributed by atoms with E-state index < -0.39 is 0 Å². The van der Waals surface area contributed by atoms with Crippen LogP contribution < -0.4 is 5.73 Å². The predicted molar refractivity (Wildman–Crippen MR) is 54.5 cm³/mol. The highest BCUT2D eigenvalue weighted by molar-refractivity contribution is 5.62. The summed E-state index contributed by atoms with van der Waals surface area (Å²) in [5, 5.41) is 3.79. The Hall–Kier alpha value is -1.68. The third-order valence-corrected chi connectivity index (χ3v) is 2.33. The molecule has 0 aliphatic heterocycles. The number of benzene rings is 1. The van der Waals surface area contributed by atoms with E-state index in [-0.39, 0.29) is 5.82 Å². The van der Waals surface area contributed by atoms with Crippen LogP contribution >= 0.6 is 0 Å². The monoisotopic (exact) mass is 206 g/mol. The van der Waals surface area contributed by atoms with Gasteiger partial charge in [-0.2, -0.15) is 0 Å². The fourth-order valence-corrected chi connectivity index (χ4v) is 1.46. The lowest BCUT2D eigenvalue weighted by atomic mass is 10.1.